The smallest absolute Gasteiger partial charge is 0.334 e. The van der Waals surface area contributed by atoms with Crippen LogP contribution in [0, 0.1) is 18.7 Å². The molecule has 1 unspecified atom stereocenters. The van der Waals surface area contributed by atoms with Crippen LogP contribution in [-0.2, 0) is 50.7 Å². The van der Waals surface area contributed by atoms with Gasteiger partial charge in [-0.3, -0.25) is 28.2 Å². The number of esters is 1. The third-order valence-corrected chi connectivity index (χ3v) is 12.5. The molecule has 4 saturated heterocycles. The predicted octanol–water partition coefficient (Wildman–Crippen LogP) is 1.77. The number of benzene rings is 2. The molecule has 0 saturated carbocycles. The zero-order chi connectivity index (χ0) is 42.7. The van der Waals surface area contributed by atoms with E-state index in [0.717, 1.165) is 11.6 Å². The number of nitrogens with zero attached hydrogens (tertiary/aromatic N) is 3. The Labute approximate surface area is 348 Å². The van der Waals surface area contributed by atoms with Crippen molar-refractivity contribution in [1.82, 2.24) is 30.7 Å². The maximum atomic E-state index is 14.7. The Morgan fingerprint density at radius 3 is 2.47 bits per heavy atom. The second kappa shape index (κ2) is 18.3. The van der Waals surface area contributed by atoms with Gasteiger partial charge in [0.15, 0.2) is 6.04 Å². The van der Waals surface area contributed by atoms with E-state index in [1.165, 1.54) is 33.8 Å². The van der Waals surface area contributed by atoms with Crippen LogP contribution in [0.5, 0.6) is 0 Å². The summed E-state index contributed by atoms with van der Waals surface area (Å²) < 4.78 is 33.1. The number of cyclic esters (lactones) is 1. The van der Waals surface area contributed by atoms with E-state index in [1.807, 2.05) is 19.9 Å². The molecule has 0 aliphatic carbocycles. The Hall–Kier alpha value is -5.36. The first-order valence-electron chi connectivity index (χ1n) is 19.4. The summed E-state index contributed by atoms with van der Waals surface area (Å²) in [7, 11) is -1.45. The minimum Gasteiger partial charge on any atom is -0.427 e. The summed E-state index contributed by atoms with van der Waals surface area (Å²) in [6, 6.07) is 1.97. The fraction of sp³-hybridized carbons (Fsp3) is 0.475. The number of anilines is 1. The lowest BCUT2D eigenvalue weighted by atomic mass is 10.0. The number of carbonyl (C=O) groups is 7. The Bertz CT molecular complexity index is 2090. The molecule has 2 aromatic carbocycles. The Morgan fingerprint density at radius 2 is 1.75 bits per heavy atom. The number of amides is 7. The fourth-order valence-corrected chi connectivity index (χ4v) is 9.34. The molecule has 8 atom stereocenters. The van der Waals surface area contributed by atoms with E-state index in [9.17, 15) is 42.2 Å². The van der Waals surface area contributed by atoms with Crippen LogP contribution >= 0.6 is 11.6 Å². The van der Waals surface area contributed by atoms with Gasteiger partial charge in [0, 0.05) is 47.6 Å². The summed E-state index contributed by atoms with van der Waals surface area (Å²) in [6.07, 6.45) is 0.643. The molecule has 316 valence electrons. The Morgan fingerprint density at radius 1 is 1.00 bits per heavy atom. The van der Waals surface area contributed by atoms with Crippen molar-refractivity contribution in [3.8, 4) is 0 Å². The van der Waals surface area contributed by atoms with Crippen LogP contribution in [0.2, 0.25) is 5.02 Å². The third kappa shape index (κ3) is 9.92. The highest BCUT2D eigenvalue weighted by Crippen LogP contribution is 2.28. The molecule has 59 heavy (non-hydrogen) atoms. The number of hydrogen-bond acceptors (Lipinski definition) is 9. The number of rotatable bonds is 6. The van der Waals surface area contributed by atoms with E-state index in [0.29, 0.717) is 12.0 Å². The summed E-state index contributed by atoms with van der Waals surface area (Å²) >= 11 is 5.87. The molecule has 0 radical (unpaired) electrons. The van der Waals surface area contributed by atoms with Gasteiger partial charge in [-0.25, -0.2) is 14.0 Å². The van der Waals surface area contributed by atoms with E-state index in [2.05, 4.69) is 27.8 Å². The first-order valence-corrected chi connectivity index (χ1v) is 21.2. The van der Waals surface area contributed by atoms with Crippen molar-refractivity contribution >= 4 is 69.6 Å². The average molecular weight is 856 g/mol. The van der Waals surface area contributed by atoms with E-state index >= 15 is 0 Å². The lowest BCUT2D eigenvalue weighted by molar-refractivity contribution is -0.154. The quantitative estimate of drug-likeness (QED) is 0.313. The van der Waals surface area contributed by atoms with Gasteiger partial charge in [0.05, 0.1) is 11.4 Å². The normalized spacial score (nSPS) is 27.3. The van der Waals surface area contributed by atoms with Crippen molar-refractivity contribution in [2.45, 2.75) is 82.7 Å². The molecule has 6 rings (SSSR count). The van der Waals surface area contributed by atoms with Crippen molar-refractivity contribution in [2.24, 2.45) is 5.92 Å². The van der Waals surface area contributed by atoms with Crippen LogP contribution in [-0.4, -0.2) is 128 Å². The summed E-state index contributed by atoms with van der Waals surface area (Å²) in [5, 5.41) is 10.2. The molecule has 19 heteroatoms. The van der Waals surface area contributed by atoms with Gasteiger partial charge >= 0.3 is 12.0 Å². The van der Waals surface area contributed by atoms with Gasteiger partial charge in [0.25, 0.3) is 5.91 Å². The highest BCUT2D eigenvalue weighted by Gasteiger charge is 2.47. The summed E-state index contributed by atoms with van der Waals surface area (Å²) in [5.41, 5.74) is 1.26. The zero-order valence-electron chi connectivity index (χ0n) is 32.8. The van der Waals surface area contributed by atoms with Crippen LogP contribution in [0.25, 0.3) is 0 Å². The number of aryl methyl sites for hydroxylation is 1. The van der Waals surface area contributed by atoms with Crippen LogP contribution in [0.1, 0.15) is 44.2 Å². The van der Waals surface area contributed by atoms with E-state index in [4.69, 9.17) is 16.3 Å². The number of hydrogen-bond donors (Lipinski definition) is 4. The van der Waals surface area contributed by atoms with Gasteiger partial charge in [-0.2, -0.15) is 0 Å². The maximum absolute atomic E-state index is 14.7. The lowest BCUT2D eigenvalue weighted by Crippen LogP contribution is -2.63. The number of urea groups is 1. The van der Waals surface area contributed by atoms with E-state index in [-0.39, 0.29) is 67.0 Å². The topological polar surface area (TPSA) is 204 Å². The molecule has 16 nitrogen and oxygen atoms in total. The number of carbonyl (C=O) groups excluding carboxylic acids is 7. The van der Waals surface area contributed by atoms with Crippen molar-refractivity contribution in [3.05, 3.63) is 76.8 Å². The molecule has 0 spiro atoms. The standard InChI is InChI=1S/C40H47ClFN7O9S/c1-21-7-5-8-25(15-21)17-29(45-40(56)44-28-11-10-26(41)18-27(28)42)34(50)46-33-24(4)58-39(55)31-16-22(2)19-49(31)36(52)23(3)43-35(51)32-20-59(57)14-13-48(32)37(53)30-9-6-12-47(30)38(33)54/h5,7-8,10-11,15,18,22-23,29-33H,4,6,9,12-14,16-17,19-20H2,1-3H3,(H,43,51)(H,46,50)(H2,44,45,56)/t22-,23+,29+,30+,31+,32+,33+,59?/m1/s1. The molecular weight excluding hydrogens is 809 g/mol. The van der Waals surface area contributed by atoms with E-state index < -0.39 is 100 Å². The summed E-state index contributed by atoms with van der Waals surface area (Å²) in [5.74, 6) is -6.17. The Balaban J connectivity index is 1.34. The molecule has 2 aromatic rings. The second-order valence-electron chi connectivity index (χ2n) is 15.4. The predicted molar refractivity (Wildman–Crippen MR) is 214 cm³/mol. The molecule has 4 aliphatic rings. The van der Waals surface area contributed by atoms with E-state index in [1.54, 1.807) is 18.2 Å². The second-order valence-corrected chi connectivity index (χ2v) is 17.5. The van der Waals surface area contributed by atoms with Gasteiger partial charge in [-0.15, -0.1) is 0 Å². The van der Waals surface area contributed by atoms with Crippen LogP contribution in [0.15, 0.2) is 54.8 Å². The largest absolute Gasteiger partial charge is 0.427 e. The molecular formula is C40H47ClFN7O9S. The van der Waals surface area contributed by atoms with Gasteiger partial charge in [0.2, 0.25) is 23.6 Å². The molecule has 4 heterocycles. The van der Waals surface area contributed by atoms with Crippen molar-refractivity contribution < 1.29 is 46.9 Å². The van der Waals surface area contributed by atoms with Crippen LogP contribution in [0.4, 0.5) is 14.9 Å². The number of nitrogens with one attached hydrogen (secondary N) is 4. The molecule has 4 aliphatic heterocycles. The van der Waals surface area contributed by atoms with Crippen molar-refractivity contribution in [3.63, 3.8) is 0 Å². The van der Waals surface area contributed by atoms with Crippen LogP contribution < -0.4 is 21.3 Å². The highest BCUT2D eigenvalue weighted by atomic mass is 35.5. The highest BCUT2D eigenvalue weighted by molar-refractivity contribution is 7.85. The van der Waals surface area contributed by atoms with Gasteiger partial charge in [-0.05, 0) is 62.8 Å². The third-order valence-electron chi connectivity index (χ3n) is 10.9. The Kier molecular flexibility index (Phi) is 13.4. The lowest BCUT2D eigenvalue weighted by Gasteiger charge is -2.39. The SMILES string of the molecule is C=C1OC(=O)[C@@H]2C[C@@H](C)CN2C(=O)[C@H](C)NC(=O)[C@@H]2CS(=O)CCN2C(=O)[C@@H]2CCCN2C(=O)[C@H]1NC(=O)[C@H](Cc1cccc(C)c1)NC(=O)Nc1ccc(Cl)cc1F. The molecule has 4 fully saturated rings. The number of ether oxygens (including phenoxy) is 1. The number of halogens is 2. The van der Waals surface area contributed by atoms with Gasteiger partial charge < -0.3 is 40.7 Å². The fourth-order valence-electron chi connectivity index (χ4n) is 7.93. The zero-order valence-corrected chi connectivity index (χ0v) is 34.4. The van der Waals surface area contributed by atoms with Gasteiger partial charge in [-0.1, -0.05) is 54.9 Å². The first kappa shape index (κ1) is 43.2. The van der Waals surface area contributed by atoms with Gasteiger partial charge in [0.1, 0.15) is 41.8 Å². The first-order chi connectivity index (χ1) is 28.0. The molecule has 0 bridgehead atoms. The average Bonchev–Trinajstić information content (AvgIpc) is 3.84. The summed E-state index contributed by atoms with van der Waals surface area (Å²) in [4.78, 5) is 102. The molecule has 7 amide bonds. The minimum atomic E-state index is -1.79. The monoisotopic (exact) mass is 855 g/mol. The number of fused-ring (bicyclic) bond motifs is 3. The summed E-state index contributed by atoms with van der Waals surface area (Å²) in [6.45, 7) is 9.15. The van der Waals surface area contributed by atoms with Crippen LogP contribution in [0.3, 0.4) is 0 Å². The maximum Gasteiger partial charge on any atom is 0.334 e. The van der Waals surface area contributed by atoms with Crippen molar-refractivity contribution in [1.29, 1.82) is 0 Å². The van der Waals surface area contributed by atoms with Crippen molar-refractivity contribution in [2.75, 3.05) is 36.5 Å². The molecule has 0 aromatic heterocycles. The molecule has 4 N–H and O–H groups in total. The minimum absolute atomic E-state index is 0.0467.